The molecule has 17 heavy (non-hydrogen) atoms. The zero-order chi connectivity index (χ0) is 12.3. The van der Waals surface area contributed by atoms with Crippen molar-refractivity contribution in [3.63, 3.8) is 0 Å². The van der Waals surface area contributed by atoms with Gasteiger partial charge in [0.25, 0.3) is 0 Å². The number of hydrogen-bond acceptors (Lipinski definition) is 5. The van der Waals surface area contributed by atoms with E-state index < -0.39 is 0 Å². The van der Waals surface area contributed by atoms with Gasteiger partial charge in [-0.05, 0) is 6.07 Å². The number of hydrogen-bond donors (Lipinski definition) is 0. The molecule has 0 atom stereocenters. The average molecular weight is 251 g/mol. The van der Waals surface area contributed by atoms with Crippen LogP contribution in [0.2, 0.25) is 5.02 Å². The average Bonchev–Trinajstić information content (AvgIpc) is 2.29. The molecule has 0 aliphatic heterocycles. The quantitative estimate of drug-likeness (QED) is 0.837. The van der Waals surface area contributed by atoms with Crippen LogP contribution in [0.3, 0.4) is 0 Å². The summed E-state index contributed by atoms with van der Waals surface area (Å²) in [7, 11) is 3.79. The second kappa shape index (κ2) is 4.97. The summed E-state index contributed by atoms with van der Waals surface area (Å²) in [5, 5.41) is 8.45. The van der Waals surface area contributed by atoms with E-state index in [-0.39, 0.29) is 0 Å². The van der Waals surface area contributed by atoms with Gasteiger partial charge in [0.1, 0.15) is 5.75 Å². The molecule has 0 aromatic carbocycles. The Balaban J connectivity index is 2.14. The summed E-state index contributed by atoms with van der Waals surface area (Å²) in [6.07, 6.45) is 3.10. The normalized spacial score (nSPS) is 10.1. The van der Waals surface area contributed by atoms with E-state index in [1.165, 1.54) is 6.20 Å². The molecule has 2 rings (SSSR count). The third-order valence-corrected chi connectivity index (χ3v) is 2.19. The minimum atomic E-state index is 0.402. The van der Waals surface area contributed by atoms with E-state index in [2.05, 4.69) is 15.2 Å². The molecule has 0 N–H and O–H groups in total. The number of nitrogens with zero attached hydrogens (tertiary/aromatic N) is 4. The molecule has 6 heteroatoms. The molecule has 2 aromatic rings. The van der Waals surface area contributed by atoms with Crippen LogP contribution in [0, 0.1) is 0 Å². The Labute approximate surface area is 104 Å². The van der Waals surface area contributed by atoms with Crippen molar-refractivity contribution in [3.05, 3.63) is 35.6 Å². The highest BCUT2D eigenvalue weighted by atomic mass is 35.5. The first kappa shape index (κ1) is 11.6. The molecule has 0 aliphatic carbocycles. The summed E-state index contributed by atoms with van der Waals surface area (Å²) in [4.78, 5) is 5.77. The van der Waals surface area contributed by atoms with Crippen LogP contribution in [0.25, 0.3) is 0 Å². The Kier molecular flexibility index (Phi) is 3.39. The van der Waals surface area contributed by atoms with Gasteiger partial charge in [0.15, 0.2) is 5.82 Å². The smallest absolute Gasteiger partial charge is 0.239 e. The maximum absolute atomic E-state index is 5.79. The lowest BCUT2D eigenvalue weighted by Crippen LogP contribution is -2.11. The molecular weight excluding hydrogens is 240 g/mol. The van der Waals surface area contributed by atoms with E-state index in [0.717, 1.165) is 5.82 Å². The van der Waals surface area contributed by atoms with Crippen LogP contribution >= 0.6 is 11.6 Å². The first-order chi connectivity index (χ1) is 8.15. The van der Waals surface area contributed by atoms with E-state index >= 15 is 0 Å². The predicted octanol–water partition coefficient (Wildman–Crippen LogP) is 2.38. The zero-order valence-electron chi connectivity index (χ0n) is 9.46. The molecule has 0 saturated heterocycles. The highest BCUT2D eigenvalue weighted by Gasteiger charge is 2.02. The third-order valence-electron chi connectivity index (χ3n) is 1.99. The zero-order valence-corrected chi connectivity index (χ0v) is 10.2. The summed E-state index contributed by atoms with van der Waals surface area (Å²) in [6, 6.07) is 5.22. The van der Waals surface area contributed by atoms with Gasteiger partial charge >= 0.3 is 0 Å². The lowest BCUT2D eigenvalue weighted by Gasteiger charge is -2.10. The molecule has 0 bridgehead atoms. The number of pyridine rings is 1. The van der Waals surface area contributed by atoms with Gasteiger partial charge < -0.3 is 9.64 Å². The van der Waals surface area contributed by atoms with Crippen molar-refractivity contribution >= 4 is 17.4 Å². The van der Waals surface area contributed by atoms with Crippen molar-refractivity contribution < 1.29 is 4.74 Å². The van der Waals surface area contributed by atoms with Crippen LogP contribution in [0.5, 0.6) is 11.6 Å². The van der Waals surface area contributed by atoms with Crippen molar-refractivity contribution in [2.24, 2.45) is 0 Å². The van der Waals surface area contributed by atoms with Gasteiger partial charge in [-0.1, -0.05) is 11.6 Å². The molecular formula is C11H11ClN4O. The van der Waals surface area contributed by atoms with Gasteiger partial charge in [-0.15, -0.1) is 10.2 Å². The van der Waals surface area contributed by atoms with Gasteiger partial charge in [0, 0.05) is 32.4 Å². The minimum Gasteiger partial charge on any atom is -0.436 e. The molecule has 0 radical (unpaired) electrons. The monoisotopic (exact) mass is 250 g/mol. The van der Waals surface area contributed by atoms with Crippen molar-refractivity contribution in [2.75, 3.05) is 19.0 Å². The van der Waals surface area contributed by atoms with Crippen LogP contribution in [-0.4, -0.2) is 29.3 Å². The second-order valence-electron chi connectivity index (χ2n) is 3.57. The predicted molar refractivity (Wildman–Crippen MR) is 65.7 cm³/mol. The molecule has 2 heterocycles. The molecule has 0 unspecified atom stereocenters. The fourth-order valence-corrected chi connectivity index (χ4v) is 1.34. The molecule has 88 valence electrons. The van der Waals surface area contributed by atoms with E-state index in [9.17, 15) is 0 Å². The third kappa shape index (κ3) is 3.04. The Morgan fingerprint density at radius 1 is 1.18 bits per heavy atom. The molecule has 5 nitrogen and oxygen atoms in total. The Bertz CT molecular complexity index is 501. The van der Waals surface area contributed by atoms with Crippen LogP contribution in [0.15, 0.2) is 30.6 Å². The minimum absolute atomic E-state index is 0.402. The summed E-state index contributed by atoms with van der Waals surface area (Å²) in [5.41, 5.74) is 0. The van der Waals surface area contributed by atoms with Gasteiger partial charge in [-0.3, -0.25) is 4.98 Å². The maximum atomic E-state index is 5.79. The number of ether oxygens (including phenoxy) is 1. The van der Waals surface area contributed by atoms with Crippen LogP contribution in [0.4, 0.5) is 5.82 Å². The topological polar surface area (TPSA) is 51.1 Å². The largest absolute Gasteiger partial charge is 0.436 e. The Morgan fingerprint density at radius 3 is 2.59 bits per heavy atom. The Hall–Kier alpha value is -1.88. The van der Waals surface area contributed by atoms with Gasteiger partial charge in [-0.2, -0.15) is 0 Å². The molecule has 0 saturated carbocycles. The number of aromatic nitrogens is 3. The maximum Gasteiger partial charge on any atom is 0.239 e. The summed E-state index contributed by atoms with van der Waals surface area (Å²) < 4.78 is 5.45. The highest BCUT2D eigenvalue weighted by molar-refractivity contribution is 6.30. The van der Waals surface area contributed by atoms with Crippen molar-refractivity contribution in [1.82, 2.24) is 15.2 Å². The standard InChI is InChI=1S/C11H11ClN4O/c1-16(2)10-3-4-11(15-14-10)17-9-5-8(12)6-13-7-9/h3-7H,1-2H3. The fraction of sp³-hybridized carbons (Fsp3) is 0.182. The van der Waals surface area contributed by atoms with Gasteiger partial charge in [0.2, 0.25) is 5.88 Å². The summed E-state index contributed by atoms with van der Waals surface area (Å²) in [6.45, 7) is 0. The molecule has 0 aliphatic rings. The first-order valence-electron chi connectivity index (χ1n) is 4.94. The number of halogens is 1. The van der Waals surface area contributed by atoms with E-state index in [1.54, 1.807) is 18.3 Å². The SMILES string of the molecule is CN(C)c1ccc(Oc2cncc(Cl)c2)nn1. The number of rotatable bonds is 3. The van der Waals surface area contributed by atoms with E-state index in [4.69, 9.17) is 16.3 Å². The summed E-state index contributed by atoms with van der Waals surface area (Å²) >= 11 is 5.79. The van der Waals surface area contributed by atoms with Crippen LogP contribution in [-0.2, 0) is 0 Å². The molecule has 2 aromatic heterocycles. The highest BCUT2D eigenvalue weighted by Crippen LogP contribution is 2.21. The molecule has 0 fully saturated rings. The first-order valence-corrected chi connectivity index (χ1v) is 5.32. The molecule has 0 amide bonds. The van der Waals surface area contributed by atoms with Crippen molar-refractivity contribution in [1.29, 1.82) is 0 Å². The number of anilines is 1. The second-order valence-corrected chi connectivity index (χ2v) is 4.00. The van der Waals surface area contributed by atoms with Gasteiger partial charge in [0.05, 0.1) is 11.2 Å². The van der Waals surface area contributed by atoms with Crippen LogP contribution < -0.4 is 9.64 Å². The van der Waals surface area contributed by atoms with Gasteiger partial charge in [-0.25, -0.2) is 0 Å². The Morgan fingerprint density at radius 2 is 2.00 bits per heavy atom. The van der Waals surface area contributed by atoms with E-state index in [0.29, 0.717) is 16.7 Å². The van der Waals surface area contributed by atoms with Crippen molar-refractivity contribution in [2.45, 2.75) is 0 Å². The lowest BCUT2D eigenvalue weighted by atomic mass is 10.4. The fourth-order valence-electron chi connectivity index (χ4n) is 1.17. The van der Waals surface area contributed by atoms with Crippen molar-refractivity contribution in [3.8, 4) is 11.6 Å². The van der Waals surface area contributed by atoms with E-state index in [1.807, 2.05) is 25.1 Å². The molecule has 0 spiro atoms. The summed E-state index contributed by atoms with van der Waals surface area (Å²) in [5.74, 6) is 1.70. The lowest BCUT2D eigenvalue weighted by molar-refractivity contribution is 0.453. The van der Waals surface area contributed by atoms with Crippen LogP contribution in [0.1, 0.15) is 0 Å².